The number of likely N-dealkylation sites (tertiary alicyclic amines) is 2. The third-order valence-corrected chi connectivity index (χ3v) is 12.1. The highest BCUT2D eigenvalue weighted by Crippen LogP contribution is 2.47. The van der Waals surface area contributed by atoms with Crippen LogP contribution in [0.4, 0.5) is 17.8 Å². The Kier molecular flexibility index (Phi) is 9.99. The number of hydrogen-bond donors (Lipinski definition) is 6. The molecule has 4 aliphatic heterocycles. The summed E-state index contributed by atoms with van der Waals surface area (Å²) in [5, 5.41) is 25.1. The Bertz CT molecular complexity index is 1220. The number of hydrogen-bond acceptors (Lipinski definition) is 11. The lowest BCUT2D eigenvalue weighted by atomic mass is 9.71. The van der Waals surface area contributed by atoms with Gasteiger partial charge in [-0.15, -0.1) is 0 Å². The van der Waals surface area contributed by atoms with Gasteiger partial charge in [0.15, 0.2) is 0 Å². The van der Waals surface area contributed by atoms with Gasteiger partial charge in [-0.25, -0.2) is 5.48 Å². The van der Waals surface area contributed by atoms with Crippen molar-refractivity contribution in [1.82, 2.24) is 35.4 Å². The molecule has 0 amide bonds. The van der Waals surface area contributed by atoms with E-state index >= 15 is 0 Å². The van der Waals surface area contributed by atoms with Crippen LogP contribution in [0.1, 0.15) is 162 Å². The van der Waals surface area contributed by atoms with Crippen molar-refractivity contribution < 1.29 is 5.21 Å². The second kappa shape index (κ2) is 12.7. The first-order valence-corrected chi connectivity index (χ1v) is 19.4. The topological polar surface area (TPSA) is 126 Å². The molecule has 1 aromatic rings. The second-order valence-electron chi connectivity index (χ2n) is 21.8. The van der Waals surface area contributed by atoms with Crippen LogP contribution in [-0.2, 0) is 0 Å². The molecular weight excluding hydrogens is 624 g/mol. The van der Waals surface area contributed by atoms with Crippen molar-refractivity contribution in [3.63, 3.8) is 0 Å². The van der Waals surface area contributed by atoms with E-state index < -0.39 is 0 Å². The Morgan fingerprint density at radius 2 is 0.720 bits per heavy atom. The van der Waals surface area contributed by atoms with Gasteiger partial charge < -0.3 is 21.3 Å². The third-order valence-electron chi connectivity index (χ3n) is 12.1. The minimum Gasteiger partial charge on any atom is -0.351 e. The Hall–Kier alpha value is -1.79. The van der Waals surface area contributed by atoms with Crippen LogP contribution >= 0.6 is 0 Å². The van der Waals surface area contributed by atoms with Crippen molar-refractivity contribution in [3.8, 4) is 0 Å². The summed E-state index contributed by atoms with van der Waals surface area (Å²) in [6.07, 6.45) is 8.33. The lowest BCUT2D eigenvalue weighted by molar-refractivity contribution is -0.0925. The van der Waals surface area contributed by atoms with Crippen LogP contribution in [0.2, 0.25) is 0 Å². The smallest absolute Gasteiger partial charge is 0.253 e. The minimum absolute atomic E-state index is 0.0380. The van der Waals surface area contributed by atoms with Crippen LogP contribution in [0.25, 0.3) is 0 Å². The van der Waals surface area contributed by atoms with Gasteiger partial charge in [0.2, 0.25) is 11.9 Å². The molecule has 4 fully saturated rings. The Labute approximate surface area is 304 Å². The summed E-state index contributed by atoms with van der Waals surface area (Å²) in [5.74, 6) is 1.13. The molecule has 11 heteroatoms. The van der Waals surface area contributed by atoms with Crippen LogP contribution in [-0.4, -0.2) is 98.4 Å². The maximum Gasteiger partial charge on any atom is 0.253 e. The Morgan fingerprint density at radius 1 is 0.460 bits per heavy atom. The van der Waals surface area contributed by atoms with Gasteiger partial charge in [0.1, 0.15) is 0 Å². The van der Waals surface area contributed by atoms with Gasteiger partial charge in [0.25, 0.3) is 5.95 Å². The number of nitrogens with zero attached hydrogens (tertiary/aromatic N) is 5. The maximum atomic E-state index is 9.98. The largest absolute Gasteiger partial charge is 0.351 e. The second-order valence-corrected chi connectivity index (χ2v) is 21.8. The Morgan fingerprint density at radius 3 is 0.980 bits per heavy atom. The molecule has 0 aromatic carbocycles. The van der Waals surface area contributed by atoms with Crippen LogP contribution in [0, 0.1) is 0 Å². The molecule has 286 valence electrons. The molecule has 0 aliphatic carbocycles. The molecule has 0 saturated carbocycles. The summed E-state index contributed by atoms with van der Waals surface area (Å²) < 4.78 is 0. The van der Waals surface area contributed by atoms with Crippen molar-refractivity contribution >= 4 is 17.8 Å². The fraction of sp³-hybridized carbons (Fsp3) is 0.923. The summed E-state index contributed by atoms with van der Waals surface area (Å²) in [6.45, 7) is 37.9. The molecule has 0 spiro atoms. The van der Waals surface area contributed by atoms with Crippen LogP contribution in [0.15, 0.2) is 0 Å². The molecule has 5 rings (SSSR count). The molecule has 1 aromatic heterocycles. The molecule has 0 radical (unpaired) electrons. The van der Waals surface area contributed by atoms with E-state index in [1.165, 1.54) is 0 Å². The predicted octanol–water partition coefficient (Wildman–Crippen LogP) is 7.16. The van der Waals surface area contributed by atoms with Crippen molar-refractivity contribution in [2.75, 3.05) is 16.1 Å². The van der Waals surface area contributed by atoms with Gasteiger partial charge in [-0.2, -0.15) is 15.0 Å². The van der Waals surface area contributed by atoms with Gasteiger partial charge in [0.05, 0.1) is 0 Å². The maximum absolute atomic E-state index is 9.98. The Balaban J connectivity index is 1.32. The number of rotatable bonds is 7. The van der Waals surface area contributed by atoms with E-state index in [-0.39, 0.29) is 62.3 Å². The van der Waals surface area contributed by atoms with Crippen molar-refractivity contribution in [2.24, 2.45) is 0 Å². The summed E-state index contributed by atoms with van der Waals surface area (Å²) >= 11 is 0. The zero-order valence-corrected chi connectivity index (χ0v) is 34.6. The molecule has 4 saturated heterocycles. The van der Waals surface area contributed by atoms with E-state index in [0.717, 1.165) is 51.4 Å². The zero-order valence-electron chi connectivity index (χ0n) is 34.6. The van der Waals surface area contributed by atoms with E-state index in [1.807, 2.05) is 0 Å². The quantitative estimate of drug-likeness (QED) is 0.163. The highest BCUT2D eigenvalue weighted by atomic mass is 16.5. The lowest BCUT2D eigenvalue weighted by Crippen LogP contribution is -2.71. The monoisotopic (exact) mass is 699 g/mol. The molecule has 0 unspecified atom stereocenters. The summed E-state index contributed by atoms with van der Waals surface area (Å²) in [4.78, 5) is 19.7. The van der Waals surface area contributed by atoms with E-state index in [0.29, 0.717) is 24.0 Å². The standard InChI is InChI=1S/C39H74N10O/c1-32(2)21-27(22-33(3,4)46-32)48-36(9,10)17-25(18-37(48,11)12)40-29-42-30(44-31(43-29)45-50)41-26-19-38(13,14)49(39(15,16)20-26)28-23-34(5,6)47-35(7,8)24-28/h25-28,46-47,50H,17-24H2,1-16H3,(H3,40,41,42,43,44,45). The van der Waals surface area contributed by atoms with Gasteiger partial charge in [-0.1, -0.05) is 0 Å². The van der Waals surface area contributed by atoms with Crippen molar-refractivity contribution in [3.05, 3.63) is 0 Å². The summed E-state index contributed by atoms with van der Waals surface area (Å²) in [5.41, 5.74) is 2.38. The van der Waals surface area contributed by atoms with E-state index in [4.69, 9.17) is 4.98 Å². The average molecular weight is 699 g/mol. The normalized spacial score (nSPS) is 29.7. The van der Waals surface area contributed by atoms with Gasteiger partial charge in [-0.3, -0.25) is 15.0 Å². The zero-order chi connectivity index (χ0) is 37.5. The fourth-order valence-electron chi connectivity index (χ4n) is 12.6. The molecule has 0 bridgehead atoms. The number of nitrogens with one attached hydrogen (secondary N) is 5. The number of anilines is 3. The van der Waals surface area contributed by atoms with Crippen LogP contribution in [0.5, 0.6) is 0 Å². The molecule has 6 N–H and O–H groups in total. The van der Waals surface area contributed by atoms with E-state index in [9.17, 15) is 5.21 Å². The first-order valence-electron chi connectivity index (χ1n) is 19.4. The first-order chi connectivity index (χ1) is 22.5. The van der Waals surface area contributed by atoms with Gasteiger partial charge in [0, 0.05) is 68.5 Å². The third kappa shape index (κ3) is 8.70. The molecule has 5 heterocycles. The fourth-order valence-corrected chi connectivity index (χ4v) is 12.6. The van der Waals surface area contributed by atoms with Crippen LogP contribution < -0.4 is 26.7 Å². The molecule has 4 aliphatic rings. The average Bonchev–Trinajstić information content (AvgIpc) is 2.81. The molecular formula is C39H74N10O. The summed E-state index contributed by atoms with van der Waals surface area (Å²) in [7, 11) is 0. The SMILES string of the molecule is CC1(C)CC(N2C(C)(C)CC(Nc3nc(NO)nc(NC4CC(C)(C)N(C5CC(C)(C)NC(C)(C)C5)C(C)(C)C4)n3)CC2(C)C)CC(C)(C)N1. The van der Waals surface area contributed by atoms with Crippen LogP contribution in [0.3, 0.4) is 0 Å². The lowest BCUT2D eigenvalue weighted by Gasteiger charge is -2.62. The highest BCUT2D eigenvalue weighted by molar-refractivity contribution is 5.43. The molecule has 11 nitrogen and oxygen atoms in total. The number of piperidine rings is 4. The highest BCUT2D eigenvalue weighted by Gasteiger charge is 2.53. The van der Waals surface area contributed by atoms with Gasteiger partial charge in [-0.05, 0) is 162 Å². The van der Waals surface area contributed by atoms with Gasteiger partial charge >= 0.3 is 0 Å². The van der Waals surface area contributed by atoms with E-state index in [1.54, 1.807) is 0 Å². The predicted molar refractivity (Wildman–Crippen MR) is 207 cm³/mol. The van der Waals surface area contributed by atoms with Crippen molar-refractivity contribution in [1.29, 1.82) is 0 Å². The minimum atomic E-state index is -0.0380. The first kappa shape index (κ1) is 39.4. The van der Waals surface area contributed by atoms with Crippen molar-refractivity contribution in [2.45, 2.75) is 231 Å². The van der Waals surface area contributed by atoms with E-state index in [2.05, 4.69) is 157 Å². The number of aromatic nitrogens is 3. The summed E-state index contributed by atoms with van der Waals surface area (Å²) in [6, 6.07) is 1.30. The molecule has 0 atom stereocenters. The molecule has 50 heavy (non-hydrogen) atoms.